The van der Waals surface area contributed by atoms with Crippen LogP contribution in [-0.4, -0.2) is 24.9 Å². The maximum Gasteiger partial charge on any atom is 0.262 e. The van der Waals surface area contributed by atoms with Crippen molar-refractivity contribution >= 4 is 22.7 Å². The monoisotopic (exact) mass is 380 g/mol. The summed E-state index contributed by atoms with van der Waals surface area (Å²) in [4.78, 5) is 22.0. The van der Waals surface area contributed by atoms with E-state index in [0.717, 1.165) is 41.0 Å². The molecule has 138 valence electrons. The van der Waals surface area contributed by atoms with Gasteiger partial charge in [0.1, 0.15) is 11.6 Å². The number of aryl methyl sites for hydroxylation is 2. The lowest BCUT2D eigenvalue weighted by molar-refractivity contribution is 0.476. The van der Waals surface area contributed by atoms with Crippen molar-refractivity contribution in [3.63, 3.8) is 0 Å². The summed E-state index contributed by atoms with van der Waals surface area (Å²) in [6.07, 6.45) is 6.38. The first-order valence-electron chi connectivity index (χ1n) is 8.85. The van der Waals surface area contributed by atoms with Gasteiger partial charge in [-0.25, -0.2) is 9.97 Å². The molecule has 3 aromatic heterocycles. The van der Waals surface area contributed by atoms with Gasteiger partial charge in [0.2, 0.25) is 0 Å². The number of imidazole rings is 1. The zero-order valence-corrected chi connectivity index (χ0v) is 15.9. The molecule has 7 heteroatoms. The summed E-state index contributed by atoms with van der Waals surface area (Å²) in [7, 11) is 0. The van der Waals surface area contributed by atoms with Crippen LogP contribution in [0.3, 0.4) is 0 Å². The minimum atomic E-state index is -0.0371. The first-order valence-corrected chi connectivity index (χ1v) is 9.83. The van der Waals surface area contributed by atoms with Crippen LogP contribution in [0.15, 0.2) is 69.4 Å². The van der Waals surface area contributed by atoms with Crippen molar-refractivity contribution in [3.05, 3.63) is 77.0 Å². The number of aromatic nitrogens is 4. The summed E-state index contributed by atoms with van der Waals surface area (Å²) in [6, 6.07) is 11.2. The third-order valence-corrected chi connectivity index (χ3v) is 5.48. The van der Waals surface area contributed by atoms with Crippen molar-refractivity contribution < 1.29 is 4.42 Å². The molecule has 6 nitrogen and oxygen atoms in total. The van der Waals surface area contributed by atoms with Crippen molar-refractivity contribution in [3.8, 4) is 0 Å². The van der Waals surface area contributed by atoms with Gasteiger partial charge >= 0.3 is 0 Å². The molecular weight excluding hydrogens is 360 g/mol. The Morgan fingerprint density at radius 2 is 2.07 bits per heavy atom. The number of fused-ring (bicyclic) bond motifs is 1. The minimum absolute atomic E-state index is 0.0371. The Kier molecular flexibility index (Phi) is 5.11. The molecule has 0 unspecified atom stereocenters. The molecule has 0 fully saturated rings. The summed E-state index contributed by atoms with van der Waals surface area (Å²) in [6.45, 7) is 3.28. The number of hydrogen-bond donors (Lipinski definition) is 0. The summed E-state index contributed by atoms with van der Waals surface area (Å²) in [5.74, 6) is 2.62. The minimum Gasteiger partial charge on any atom is -0.467 e. The number of rotatable bonds is 7. The van der Waals surface area contributed by atoms with Gasteiger partial charge in [-0.3, -0.25) is 9.36 Å². The van der Waals surface area contributed by atoms with Crippen LogP contribution in [-0.2, 0) is 13.1 Å². The summed E-state index contributed by atoms with van der Waals surface area (Å²) < 4.78 is 9.27. The van der Waals surface area contributed by atoms with Gasteiger partial charge in [-0.15, -0.1) is 0 Å². The molecule has 0 aliphatic heterocycles. The number of benzene rings is 1. The van der Waals surface area contributed by atoms with Gasteiger partial charge in [-0.05, 0) is 37.6 Å². The molecule has 4 aromatic rings. The lowest BCUT2D eigenvalue weighted by Crippen LogP contribution is -2.24. The quantitative estimate of drug-likeness (QED) is 0.278. The zero-order chi connectivity index (χ0) is 18.6. The molecule has 27 heavy (non-hydrogen) atoms. The largest absolute Gasteiger partial charge is 0.467 e. The van der Waals surface area contributed by atoms with Gasteiger partial charge in [0.25, 0.3) is 5.56 Å². The van der Waals surface area contributed by atoms with Gasteiger partial charge in [0.15, 0.2) is 5.16 Å². The van der Waals surface area contributed by atoms with Crippen molar-refractivity contribution in [2.24, 2.45) is 0 Å². The number of thioether (sulfide) groups is 1. The van der Waals surface area contributed by atoms with E-state index >= 15 is 0 Å². The van der Waals surface area contributed by atoms with Crippen LogP contribution in [0.25, 0.3) is 10.9 Å². The topological polar surface area (TPSA) is 65.8 Å². The van der Waals surface area contributed by atoms with E-state index in [-0.39, 0.29) is 5.56 Å². The van der Waals surface area contributed by atoms with E-state index in [1.807, 2.05) is 55.7 Å². The van der Waals surface area contributed by atoms with Crippen LogP contribution in [0.4, 0.5) is 0 Å². The molecule has 0 N–H and O–H groups in total. The van der Waals surface area contributed by atoms with Gasteiger partial charge < -0.3 is 8.98 Å². The maximum absolute atomic E-state index is 13.0. The van der Waals surface area contributed by atoms with Crippen LogP contribution < -0.4 is 5.56 Å². The fraction of sp³-hybridized carbons (Fsp3) is 0.250. The van der Waals surface area contributed by atoms with Crippen molar-refractivity contribution in [2.75, 3.05) is 5.75 Å². The fourth-order valence-electron chi connectivity index (χ4n) is 2.99. The Bertz CT molecular complexity index is 1100. The average Bonchev–Trinajstić information content (AvgIpc) is 3.33. The van der Waals surface area contributed by atoms with Gasteiger partial charge in [0.05, 0.1) is 23.7 Å². The third kappa shape index (κ3) is 3.83. The lowest BCUT2D eigenvalue weighted by Gasteiger charge is -2.12. The second kappa shape index (κ2) is 7.84. The number of para-hydroxylation sites is 1. The van der Waals surface area contributed by atoms with E-state index in [1.54, 1.807) is 22.6 Å². The first kappa shape index (κ1) is 17.6. The smallest absolute Gasteiger partial charge is 0.262 e. The SMILES string of the molecule is Cc1nccn1CCCSc1nc2ccccc2c(=O)n1Cc1ccco1. The molecule has 0 aliphatic carbocycles. The summed E-state index contributed by atoms with van der Waals surface area (Å²) >= 11 is 1.60. The van der Waals surface area contributed by atoms with Crippen LogP contribution in [0.1, 0.15) is 18.0 Å². The molecular formula is C20H20N4O2S. The summed E-state index contributed by atoms with van der Waals surface area (Å²) in [5.41, 5.74) is 0.691. The lowest BCUT2D eigenvalue weighted by atomic mass is 10.2. The highest BCUT2D eigenvalue weighted by atomic mass is 32.2. The van der Waals surface area contributed by atoms with E-state index in [2.05, 4.69) is 9.55 Å². The average molecular weight is 380 g/mol. The van der Waals surface area contributed by atoms with E-state index < -0.39 is 0 Å². The molecule has 3 heterocycles. The highest BCUT2D eigenvalue weighted by molar-refractivity contribution is 7.99. The first-order chi connectivity index (χ1) is 13.2. The van der Waals surface area contributed by atoms with Crippen molar-refractivity contribution in [2.45, 2.75) is 31.6 Å². The predicted octanol–water partition coefficient (Wildman–Crippen LogP) is 3.73. The van der Waals surface area contributed by atoms with Gasteiger partial charge in [-0.2, -0.15) is 0 Å². The van der Waals surface area contributed by atoms with E-state index in [1.165, 1.54) is 0 Å². The Morgan fingerprint density at radius 1 is 1.19 bits per heavy atom. The molecule has 0 spiro atoms. The fourth-order valence-corrected chi connectivity index (χ4v) is 3.92. The molecule has 1 aromatic carbocycles. The van der Waals surface area contributed by atoms with E-state index in [4.69, 9.17) is 9.40 Å². The van der Waals surface area contributed by atoms with E-state index in [0.29, 0.717) is 11.9 Å². The van der Waals surface area contributed by atoms with Crippen molar-refractivity contribution in [1.29, 1.82) is 0 Å². The molecule has 0 amide bonds. The van der Waals surface area contributed by atoms with E-state index in [9.17, 15) is 4.79 Å². The Hall–Kier alpha value is -2.80. The normalized spacial score (nSPS) is 11.3. The maximum atomic E-state index is 13.0. The molecule has 0 radical (unpaired) electrons. The second-order valence-corrected chi connectivity index (χ2v) is 7.31. The van der Waals surface area contributed by atoms with Crippen LogP contribution in [0, 0.1) is 6.92 Å². The Morgan fingerprint density at radius 3 is 2.85 bits per heavy atom. The highest BCUT2D eigenvalue weighted by Gasteiger charge is 2.13. The standard InChI is InChI=1S/C20H20N4O2S/c1-15-21-9-11-23(15)10-5-13-27-20-22-18-8-3-2-7-17(18)19(25)24(20)14-16-6-4-12-26-16/h2-4,6-9,11-12H,5,10,13-14H2,1H3. The van der Waals surface area contributed by atoms with Crippen LogP contribution in [0.2, 0.25) is 0 Å². The zero-order valence-electron chi connectivity index (χ0n) is 15.0. The molecule has 0 saturated carbocycles. The molecule has 0 bridgehead atoms. The second-order valence-electron chi connectivity index (χ2n) is 6.25. The van der Waals surface area contributed by atoms with Crippen LogP contribution >= 0.6 is 11.8 Å². The predicted molar refractivity (Wildman–Crippen MR) is 106 cm³/mol. The molecule has 0 aliphatic rings. The Labute approximate surface area is 160 Å². The number of furan rings is 1. The molecule has 4 rings (SSSR count). The Balaban J connectivity index is 1.57. The number of nitrogens with zero attached hydrogens (tertiary/aromatic N) is 4. The third-order valence-electron chi connectivity index (χ3n) is 4.42. The van der Waals surface area contributed by atoms with Gasteiger partial charge in [0, 0.05) is 24.7 Å². The summed E-state index contributed by atoms with van der Waals surface area (Å²) in [5, 5.41) is 1.35. The van der Waals surface area contributed by atoms with Crippen molar-refractivity contribution in [1.82, 2.24) is 19.1 Å². The number of hydrogen-bond acceptors (Lipinski definition) is 5. The van der Waals surface area contributed by atoms with Crippen LogP contribution in [0.5, 0.6) is 0 Å². The molecule has 0 atom stereocenters. The highest BCUT2D eigenvalue weighted by Crippen LogP contribution is 2.20. The van der Waals surface area contributed by atoms with Gasteiger partial charge in [-0.1, -0.05) is 23.9 Å². The molecule has 0 saturated heterocycles.